The van der Waals surface area contributed by atoms with E-state index in [1.807, 2.05) is 0 Å². The lowest BCUT2D eigenvalue weighted by atomic mass is 10.2. The lowest BCUT2D eigenvalue weighted by Gasteiger charge is -2.10. The third kappa shape index (κ3) is 3.08. The molecule has 0 saturated carbocycles. The van der Waals surface area contributed by atoms with Gasteiger partial charge in [-0.05, 0) is 61.4 Å². The highest BCUT2D eigenvalue weighted by molar-refractivity contribution is 7.92. The monoisotopic (exact) mass is 294 g/mol. The van der Waals surface area contributed by atoms with Crippen LogP contribution in [0.1, 0.15) is 11.1 Å². The number of nitrogens with one attached hydrogen (secondary N) is 1. The van der Waals surface area contributed by atoms with Gasteiger partial charge in [0.15, 0.2) is 0 Å². The predicted molar refractivity (Wildman–Crippen MR) is 77.5 cm³/mol. The van der Waals surface area contributed by atoms with Gasteiger partial charge >= 0.3 is 0 Å². The molecule has 20 heavy (non-hydrogen) atoms. The maximum Gasteiger partial charge on any atom is 0.261 e. The summed E-state index contributed by atoms with van der Waals surface area (Å²) in [5, 5.41) is 0. The number of nitrogens with two attached hydrogens (primary N) is 1. The van der Waals surface area contributed by atoms with Gasteiger partial charge in [-0.3, -0.25) is 4.72 Å². The van der Waals surface area contributed by atoms with Crippen LogP contribution >= 0.6 is 0 Å². The number of hydrogen-bond acceptors (Lipinski definition) is 3. The Labute approximate surface area is 117 Å². The van der Waals surface area contributed by atoms with E-state index in [-0.39, 0.29) is 10.6 Å². The molecule has 0 aliphatic rings. The molecule has 106 valence electrons. The van der Waals surface area contributed by atoms with Crippen LogP contribution in [0.3, 0.4) is 0 Å². The van der Waals surface area contributed by atoms with E-state index >= 15 is 0 Å². The second-order valence-electron chi connectivity index (χ2n) is 4.64. The molecule has 0 aliphatic heterocycles. The van der Waals surface area contributed by atoms with E-state index < -0.39 is 15.8 Å². The van der Waals surface area contributed by atoms with Crippen LogP contribution in [0.4, 0.5) is 15.8 Å². The molecule has 0 spiro atoms. The first kappa shape index (κ1) is 14.3. The normalized spacial score (nSPS) is 11.3. The molecule has 0 aliphatic carbocycles. The number of nitrogen functional groups attached to an aromatic ring is 1. The molecule has 0 atom stereocenters. The fourth-order valence-corrected chi connectivity index (χ4v) is 2.95. The van der Waals surface area contributed by atoms with Crippen LogP contribution in [0.2, 0.25) is 0 Å². The fraction of sp³-hybridized carbons (Fsp3) is 0.143. The molecule has 0 radical (unpaired) electrons. The van der Waals surface area contributed by atoms with Crippen LogP contribution in [0.5, 0.6) is 0 Å². The number of aryl methyl sites for hydroxylation is 2. The number of hydrogen-bond donors (Lipinski definition) is 2. The molecule has 4 nitrogen and oxygen atoms in total. The molecule has 0 aromatic heterocycles. The van der Waals surface area contributed by atoms with E-state index in [2.05, 4.69) is 4.72 Å². The number of sulfonamides is 1. The van der Waals surface area contributed by atoms with Crippen LogP contribution in [0, 0.1) is 19.7 Å². The van der Waals surface area contributed by atoms with Gasteiger partial charge in [0.25, 0.3) is 10.0 Å². The number of anilines is 2. The molecule has 0 fully saturated rings. The summed E-state index contributed by atoms with van der Waals surface area (Å²) in [5.41, 5.74) is 7.68. The van der Waals surface area contributed by atoms with E-state index in [0.717, 1.165) is 6.07 Å². The van der Waals surface area contributed by atoms with Crippen molar-refractivity contribution < 1.29 is 12.8 Å². The van der Waals surface area contributed by atoms with Crippen molar-refractivity contribution in [1.29, 1.82) is 0 Å². The smallest absolute Gasteiger partial charge is 0.261 e. The van der Waals surface area contributed by atoms with E-state index in [1.165, 1.54) is 24.3 Å². The third-order valence-electron chi connectivity index (χ3n) is 2.85. The predicted octanol–water partition coefficient (Wildman–Crippen LogP) is 2.83. The summed E-state index contributed by atoms with van der Waals surface area (Å²) in [6, 6.07) is 8.44. The van der Waals surface area contributed by atoms with Crippen molar-refractivity contribution in [2.45, 2.75) is 18.7 Å². The van der Waals surface area contributed by atoms with Crippen molar-refractivity contribution >= 4 is 21.4 Å². The first-order valence-corrected chi connectivity index (χ1v) is 7.42. The van der Waals surface area contributed by atoms with Crippen molar-refractivity contribution in [3.05, 3.63) is 53.3 Å². The Balaban J connectivity index is 2.37. The maximum atomic E-state index is 13.3. The summed E-state index contributed by atoms with van der Waals surface area (Å²) in [6.45, 7) is 3.41. The highest BCUT2D eigenvalue weighted by Gasteiger charge is 2.15. The lowest BCUT2D eigenvalue weighted by Crippen LogP contribution is -2.13. The van der Waals surface area contributed by atoms with Crippen LogP contribution in [-0.4, -0.2) is 8.42 Å². The molecule has 2 rings (SSSR count). The quantitative estimate of drug-likeness (QED) is 0.855. The Bertz CT molecular complexity index is 738. The number of halogens is 1. The minimum Gasteiger partial charge on any atom is -0.399 e. The summed E-state index contributed by atoms with van der Waals surface area (Å²) in [5.74, 6) is -0.490. The van der Waals surface area contributed by atoms with Crippen molar-refractivity contribution in [1.82, 2.24) is 0 Å². The van der Waals surface area contributed by atoms with Gasteiger partial charge in [-0.1, -0.05) is 0 Å². The third-order valence-corrected chi connectivity index (χ3v) is 4.22. The van der Waals surface area contributed by atoms with Crippen molar-refractivity contribution in [2.75, 3.05) is 10.5 Å². The summed E-state index contributed by atoms with van der Waals surface area (Å²) < 4.78 is 40.1. The average Bonchev–Trinajstić information content (AvgIpc) is 2.30. The van der Waals surface area contributed by atoms with Crippen molar-refractivity contribution in [2.24, 2.45) is 0 Å². The van der Waals surface area contributed by atoms with Gasteiger partial charge in [-0.15, -0.1) is 0 Å². The number of rotatable bonds is 3. The SMILES string of the molecule is Cc1cc(F)cc(NS(=O)(=O)c2ccc(N)c(C)c2)c1. The molecule has 0 amide bonds. The van der Waals surface area contributed by atoms with Crippen LogP contribution in [0.15, 0.2) is 41.3 Å². The Kier molecular flexibility index (Phi) is 3.67. The highest BCUT2D eigenvalue weighted by atomic mass is 32.2. The zero-order valence-corrected chi connectivity index (χ0v) is 12.0. The Morgan fingerprint density at radius 2 is 1.80 bits per heavy atom. The Morgan fingerprint density at radius 3 is 2.40 bits per heavy atom. The molecule has 0 unspecified atom stereocenters. The lowest BCUT2D eigenvalue weighted by molar-refractivity contribution is 0.601. The van der Waals surface area contributed by atoms with Gasteiger partial charge in [0.05, 0.1) is 10.6 Å². The number of benzene rings is 2. The summed E-state index contributed by atoms with van der Waals surface area (Å²) in [6.07, 6.45) is 0. The molecular weight excluding hydrogens is 279 g/mol. The van der Waals surface area contributed by atoms with Gasteiger partial charge in [-0.2, -0.15) is 0 Å². The van der Waals surface area contributed by atoms with E-state index in [0.29, 0.717) is 16.8 Å². The molecule has 0 saturated heterocycles. The van der Waals surface area contributed by atoms with Crippen LogP contribution in [0.25, 0.3) is 0 Å². The summed E-state index contributed by atoms with van der Waals surface area (Å²) in [7, 11) is -3.76. The van der Waals surface area contributed by atoms with Gasteiger partial charge < -0.3 is 5.73 Å². The summed E-state index contributed by atoms with van der Waals surface area (Å²) >= 11 is 0. The standard InChI is InChI=1S/C14H15FN2O2S/c1-9-5-11(15)8-12(6-9)17-20(18,19)13-3-4-14(16)10(2)7-13/h3-8,17H,16H2,1-2H3. The second-order valence-corrected chi connectivity index (χ2v) is 6.32. The Morgan fingerprint density at radius 1 is 1.10 bits per heavy atom. The fourth-order valence-electron chi connectivity index (χ4n) is 1.82. The molecule has 0 bridgehead atoms. The van der Waals surface area contributed by atoms with E-state index in [1.54, 1.807) is 19.9 Å². The van der Waals surface area contributed by atoms with Crippen molar-refractivity contribution in [3.63, 3.8) is 0 Å². The molecule has 3 N–H and O–H groups in total. The first-order valence-electron chi connectivity index (χ1n) is 5.94. The van der Waals surface area contributed by atoms with E-state index in [9.17, 15) is 12.8 Å². The molecule has 0 heterocycles. The van der Waals surface area contributed by atoms with Crippen LogP contribution < -0.4 is 10.5 Å². The van der Waals surface area contributed by atoms with E-state index in [4.69, 9.17) is 5.73 Å². The largest absolute Gasteiger partial charge is 0.399 e. The molecular formula is C14H15FN2O2S. The molecule has 2 aromatic carbocycles. The average molecular weight is 294 g/mol. The summed E-state index contributed by atoms with van der Waals surface area (Å²) in [4.78, 5) is 0.0890. The Hall–Kier alpha value is -2.08. The first-order chi connectivity index (χ1) is 9.28. The minimum absolute atomic E-state index is 0.0890. The van der Waals surface area contributed by atoms with Gasteiger partial charge in [0.1, 0.15) is 5.82 Å². The molecule has 6 heteroatoms. The van der Waals surface area contributed by atoms with Gasteiger partial charge in [-0.25, -0.2) is 12.8 Å². The zero-order valence-electron chi connectivity index (χ0n) is 11.1. The second kappa shape index (κ2) is 5.13. The topological polar surface area (TPSA) is 72.2 Å². The van der Waals surface area contributed by atoms with Gasteiger partial charge in [0.2, 0.25) is 0 Å². The zero-order chi connectivity index (χ0) is 14.9. The minimum atomic E-state index is -3.76. The highest BCUT2D eigenvalue weighted by Crippen LogP contribution is 2.21. The van der Waals surface area contributed by atoms with Crippen LogP contribution in [-0.2, 0) is 10.0 Å². The maximum absolute atomic E-state index is 13.3. The van der Waals surface area contributed by atoms with Crippen molar-refractivity contribution in [3.8, 4) is 0 Å². The molecule has 2 aromatic rings. The van der Waals surface area contributed by atoms with Gasteiger partial charge in [0, 0.05) is 5.69 Å².